The minimum Gasteiger partial charge on any atom is -0.393 e. The van der Waals surface area contributed by atoms with Crippen LogP contribution in [-0.4, -0.2) is 41.3 Å². The molecule has 1 aromatic rings. The van der Waals surface area contributed by atoms with Crippen molar-refractivity contribution in [2.75, 3.05) is 30.4 Å². The molecule has 2 rings (SSSR count). The number of anilines is 2. The Labute approximate surface area is 108 Å². The van der Waals surface area contributed by atoms with Crippen molar-refractivity contribution in [1.29, 1.82) is 0 Å². The van der Waals surface area contributed by atoms with E-state index in [9.17, 15) is 5.11 Å². The Morgan fingerprint density at radius 3 is 2.61 bits per heavy atom. The molecule has 0 aromatic carbocycles. The monoisotopic (exact) mass is 250 g/mol. The van der Waals surface area contributed by atoms with E-state index in [2.05, 4.69) is 20.2 Å². The van der Waals surface area contributed by atoms with Crippen LogP contribution in [0.2, 0.25) is 0 Å². The molecule has 1 aromatic heterocycles. The van der Waals surface area contributed by atoms with Gasteiger partial charge in [-0.05, 0) is 32.6 Å². The zero-order valence-corrected chi connectivity index (χ0v) is 11.3. The van der Waals surface area contributed by atoms with Crippen molar-refractivity contribution in [3.05, 3.63) is 11.9 Å². The highest BCUT2D eigenvalue weighted by Crippen LogP contribution is 2.25. The van der Waals surface area contributed by atoms with E-state index in [1.165, 1.54) is 0 Å². The van der Waals surface area contributed by atoms with Crippen LogP contribution < -0.4 is 10.2 Å². The molecule has 1 aliphatic heterocycles. The molecule has 0 radical (unpaired) electrons. The minimum absolute atomic E-state index is 0.202. The fourth-order valence-corrected chi connectivity index (χ4v) is 2.45. The molecule has 1 fully saturated rings. The van der Waals surface area contributed by atoms with E-state index in [-0.39, 0.29) is 6.10 Å². The summed E-state index contributed by atoms with van der Waals surface area (Å²) in [6.45, 7) is 5.70. The van der Waals surface area contributed by atoms with Crippen molar-refractivity contribution in [1.82, 2.24) is 9.97 Å². The number of aliphatic hydroxyl groups is 1. The second-order valence-corrected chi connectivity index (χ2v) is 4.97. The maximum Gasteiger partial charge on any atom is 0.134 e. The van der Waals surface area contributed by atoms with Crippen LogP contribution in [0, 0.1) is 12.8 Å². The number of hydrogen-bond donors (Lipinski definition) is 2. The van der Waals surface area contributed by atoms with Crippen LogP contribution in [0.15, 0.2) is 6.07 Å². The van der Waals surface area contributed by atoms with Crippen LogP contribution in [0.1, 0.15) is 25.6 Å². The van der Waals surface area contributed by atoms with Crippen LogP contribution in [-0.2, 0) is 0 Å². The first-order valence-corrected chi connectivity index (χ1v) is 6.56. The molecule has 1 aliphatic rings. The lowest BCUT2D eigenvalue weighted by atomic mass is 9.92. The van der Waals surface area contributed by atoms with E-state index >= 15 is 0 Å². The highest BCUT2D eigenvalue weighted by atomic mass is 16.3. The van der Waals surface area contributed by atoms with Crippen LogP contribution >= 0.6 is 0 Å². The third kappa shape index (κ3) is 2.90. The summed E-state index contributed by atoms with van der Waals surface area (Å²) < 4.78 is 0. The summed E-state index contributed by atoms with van der Waals surface area (Å²) in [4.78, 5) is 11.1. The molecule has 5 nitrogen and oxygen atoms in total. The molecule has 0 aliphatic carbocycles. The molecule has 0 saturated carbocycles. The Morgan fingerprint density at radius 1 is 1.39 bits per heavy atom. The van der Waals surface area contributed by atoms with E-state index < -0.39 is 0 Å². The van der Waals surface area contributed by atoms with Gasteiger partial charge in [-0.2, -0.15) is 0 Å². The molecule has 1 saturated heterocycles. The van der Waals surface area contributed by atoms with Gasteiger partial charge in [0.1, 0.15) is 17.5 Å². The number of nitrogens with one attached hydrogen (secondary N) is 1. The summed E-state index contributed by atoms with van der Waals surface area (Å²) >= 11 is 0. The SMILES string of the molecule is CNc1cc(N2CCC(C(C)O)CC2)nc(C)n1. The van der Waals surface area contributed by atoms with Gasteiger partial charge in [-0.25, -0.2) is 9.97 Å². The maximum absolute atomic E-state index is 9.61. The zero-order chi connectivity index (χ0) is 13.1. The number of aromatic nitrogens is 2. The number of hydrogen-bond acceptors (Lipinski definition) is 5. The van der Waals surface area contributed by atoms with Crippen molar-refractivity contribution in [2.45, 2.75) is 32.8 Å². The smallest absolute Gasteiger partial charge is 0.134 e. The quantitative estimate of drug-likeness (QED) is 0.849. The van der Waals surface area contributed by atoms with Gasteiger partial charge in [0.05, 0.1) is 6.10 Å². The molecule has 5 heteroatoms. The normalized spacial score (nSPS) is 18.8. The van der Waals surface area contributed by atoms with Gasteiger partial charge in [0, 0.05) is 26.2 Å². The van der Waals surface area contributed by atoms with Gasteiger partial charge in [-0.15, -0.1) is 0 Å². The van der Waals surface area contributed by atoms with Crippen LogP contribution in [0.5, 0.6) is 0 Å². The second-order valence-electron chi connectivity index (χ2n) is 4.97. The Morgan fingerprint density at radius 2 is 2.06 bits per heavy atom. The van der Waals surface area contributed by atoms with Gasteiger partial charge in [-0.3, -0.25) is 0 Å². The summed E-state index contributed by atoms with van der Waals surface area (Å²) in [5.74, 6) is 3.05. The predicted octanol–water partition coefficient (Wildman–Crippen LogP) is 1.42. The van der Waals surface area contributed by atoms with Gasteiger partial charge in [0.15, 0.2) is 0 Å². The molecule has 0 amide bonds. The molecule has 18 heavy (non-hydrogen) atoms. The van der Waals surface area contributed by atoms with Crippen molar-refractivity contribution in [3.63, 3.8) is 0 Å². The predicted molar refractivity (Wildman–Crippen MR) is 72.9 cm³/mol. The Balaban J connectivity index is 2.07. The minimum atomic E-state index is -0.202. The highest BCUT2D eigenvalue weighted by Gasteiger charge is 2.23. The second kappa shape index (κ2) is 5.52. The highest BCUT2D eigenvalue weighted by molar-refractivity contribution is 5.49. The average Bonchev–Trinajstić information content (AvgIpc) is 2.38. The van der Waals surface area contributed by atoms with E-state index in [0.717, 1.165) is 43.4 Å². The van der Waals surface area contributed by atoms with Gasteiger partial charge in [0.25, 0.3) is 0 Å². The lowest BCUT2D eigenvalue weighted by Gasteiger charge is -2.34. The first kappa shape index (κ1) is 13.1. The summed E-state index contributed by atoms with van der Waals surface area (Å²) in [5.41, 5.74) is 0. The van der Waals surface area contributed by atoms with Gasteiger partial charge in [0.2, 0.25) is 0 Å². The fourth-order valence-electron chi connectivity index (χ4n) is 2.45. The molecule has 0 bridgehead atoms. The maximum atomic E-state index is 9.61. The number of rotatable bonds is 3. The molecule has 1 atom stereocenters. The summed E-state index contributed by atoms with van der Waals surface area (Å²) in [5, 5.41) is 12.7. The lowest BCUT2D eigenvalue weighted by Crippen LogP contribution is -2.37. The molecule has 0 spiro atoms. The number of aryl methyl sites for hydroxylation is 1. The molecule has 100 valence electrons. The summed E-state index contributed by atoms with van der Waals surface area (Å²) in [7, 11) is 1.87. The fraction of sp³-hybridized carbons (Fsp3) is 0.692. The van der Waals surface area contributed by atoms with Crippen molar-refractivity contribution >= 4 is 11.6 Å². The summed E-state index contributed by atoms with van der Waals surface area (Å²) in [6.07, 6.45) is 1.85. The number of piperidine rings is 1. The third-order valence-corrected chi connectivity index (χ3v) is 3.63. The number of aliphatic hydroxyl groups excluding tert-OH is 1. The Bertz CT molecular complexity index is 400. The molecular weight excluding hydrogens is 228 g/mol. The van der Waals surface area contributed by atoms with E-state index in [1.807, 2.05) is 27.0 Å². The molecule has 1 unspecified atom stereocenters. The van der Waals surface area contributed by atoms with Crippen molar-refractivity contribution < 1.29 is 5.11 Å². The third-order valence-electron chi connectivity index (χ3n) is 3.63. The molecular formula is C13H22N4O. The largest absolute Gasteiger partial charge is 0.393 e. The number of nitrogens with zero attached hydrogens (tertiary/aromatic N) is 3. The summed E-state index contributed by atoms with van der Waals surface area (Å²) in [6, 6.07) is 1.98. The first-order chi connectivity index (χ1) is 8.60. The van der Waals surface area contributed by atoms with Crippen LogP contribution in [0.25, 0.3) is 0 Å². The Hall–Kier alpha value is -1.36. The Kier molecular flexibility index (Phi) is 4.01. The lowest BCUT2D eigenvalue weighted by molar-refractivity contribution is 0.110. The van der Waals surface area contributed by atoms with Crippen molar-refractivity contribution in [2.24, 2.45) is 5.92 Å². The molecule has 2 N–H and O–H groups in total. The standard InChI is InChI=1S/C13H22N4O/c1-9(18)11-4-6-17(7-5-11)13-8-12(14-3)15-10(2)16-13/h8-9,11,18H,4-7H2,1-3H3,(H,14,15,16). The first-order valence-electron chi connectivity index (χ1n) is 6.56. The van der Waals surface area contributed by atoms with Crippen LogP contribution in [0.4, 0.5) is 11.6 Å². The van der Waals surface area contributed by atoms with Gasteiger partial charge >= 0.3 is 0 Å². The van der Waals surface area contributed by atoms with E-state index in [0.29, 0.717) is 5.92 Å². The van der Waals surface area contributed by atoms with Crippen molar-refractivity contribution in [3.8, 4) is 0 Å². The van der Waals surface area contributed by atoms with Gasteiger partial charge in [-0.1, -0.05) is 0 Å². The molecule has 2 heterocycles. The van der Waals surface area contributed by atoms with Gasteiger partial charge < -0.3 is 15.3 Å². The van der Waals surface area contributed by atoms with E-state index in [4.69, 9.17) is 0 Å². The van der Waals surface area contributed by atoms with E-state index in [1.54, 1.807) is 0 Å². The zero-order valence-electron chi connectivity index (χ0n) is 11.3. The average molecular weight is 250 g/mol. The van der Waals surface area contributed by atoms with Crippen LogP contribution in [0.3, 0.4) is 0 Å². The topological polar surface area (TPSA) is 61.3 Å².